The smallest absolute Gasteiger partial charge is 0.282 e. The molecule has 0 bridgehead atoms. The molecule has 0 N–H and O–H groups in total. The van der Waals surface area contributed by atoms with Crippen LogP contribution in [-0.4, -0.2) is 22.5 Å². The molecule has 0 saturated heterocycles. The van der Waals surface area contributed by atoms with Gasteiger partial charge in [-0.25, -0.2) is 9.37 Å². The minimum atomic E-state index is -0.289. The Kier molecular flexibility index (Phi) is 7.92. The number of hydrogen-bond acceptors (Lipinski definition) is 5. The molecule has 0 aliphatic heterocycles. The van der Waals surface area contributed by atoms with Crippen LogP contribution in [0.25, 0.3) is 10.9 Å². The van der Waals surface area contributed by atoms with Gasteiger partial charge in [-0.1, -0.05) is 35.0 Å². The van der Waals surface area contributed by atoms with Crippen LogP contribution in [0, 0.1) is 5.82 Å². The van der Waals surface area contributed by atoms with E-state index in [0.29, 0.717) is 41.3 Å². The first-order valence-electron chi connectivity index (χ1n) is 11.4. The van der Waals surface area contributed by atoms with Crippen LogP contribution >= 0.6 is 15.9 Å². The second-order valence-electron chi connectivity index (χ2n) is 7.86. The summed E-state index contributed by atoms with van der Waals surface area (Å²) in [5.74, 6) is 1.44. The van der Waals surface area contributed by atoms with Crippen molar-refractivity contribution in [3.05, 3.63) is 98.3 Å². The molecule has 0 atom stereocenters. The Balaban J connectivity index is 1.63. The lowest BCUT2D eigenvalue weighted by Crippen LogP contribution is -2.22. The SMILES string of the molecule is CCCc1nc2ccc(Br)cc2c(=O)n1N=Cc1ccc(OCc2ccc(F)cc2)c(OCC)c1. The highest BCUT2D eigenvalue weighted by Gasteiger charge is 2.11. The van der Waals surface area contributed by atoms with Crippen LogP contribution in [0.2, 0.25) is 0 Å². The summed E-state index contributed by atoms with van der Waals surface area (Å²) in [4.78, 5) is 17.8. The largest absolute Gasteiger partial charge is 0.490 e. The zero-order chi connectivity index (χ0) is 24.8. The molecule has 4 rings (SSSR count). The maximum atomic E-state index is 13.2. The lowest BCUT2D eigenvalue weighted by Gasteiger charge is -2.13. The van der Waals surface area contributed by atoms with Gasteiger partial charge >= 0.3 is 0 Å². The molecular weight excluding hydrogens is 513 g/mol. The summed E-state index contributed by atoms with van der Waals surface area (Å²) in [6, 6.07) is 17.0. The average Bonchev–Trinajstić information content (AvgIpc) is 2.85. The quantitative estimate of drug-likeness (QED) is 0.241. The number of aromatic nitrogens is 2. The van der Waals surface area contributed by atoms with Crippen molar-refractivity contribution >= 4 is 33.0 Å². The molecule has 0 radical (unpaired) electrons. The first-order valence-corrected chi connectivity index (χ1v) is 12.2. The van der Waals surface area contributed by atoms with Crippen LogP contribution < -0.4 is 15.0 Å². The summed E-state index contributed by atoms with van der Waals surface area (Å²) in [6.45, 7) is 4.66. The van der Waals surface area contributed by atoms with Crippen molar-refractivity contribution in [3.63, 3.8) is 0 Å². The molecule has 6 nitrogen and oxygen atoms in total. The summed E-state index contributed by atoms with van der Waals surface area (Å²) < 4.78 is 27.0. The fourth-order valence-corrected chi connectivity index (χ4v) is 3.92. The van der Waals surface area contributed by atoms with E-state index in [1.165, 1.54) is 16.8 Å². The predicted molar refractivity (Wildman–Crippen MR) is 139 cm³/mol. The predicted octanol–water partition coefficient (Wildman–Crippen LogP) is 6.11. The van der Waals surface area contributed by atoms with Crippen LogP contribution in [0.4, 0.5) is 4.39 Å². The molecule has 1 aromatic heterocycles. The van der Waals surface area contributed by atoms with Crippen molar-refractivity contribution in [3.8, 4) is 11.5 Å². The van der Waals surface area contributed by atoms with Gasteiger partial charge in [0, 0.05) is 10.9 Å². The van der Waals surface area contributed by atoms with Crippen molar-refractivity contribution in [1.82, 2.24) is 9.66 Å². The number of hydrogen-bond donors (Lipinski definition) is 0. The van der Waals surface area contributed by atoms with E-state index in [1.54, 1.807) is 30.5 Å². The molecule has 3 aromatic carbocycles. The van der Waals surface area contributed by atoms with Crippen molar-refractivity contribution < 1.29 is 13.9 Å². The number of nitrogens with zero attached hydrogens (tertiary/aromatic N) is 3. The lowest BCUT2D eigenvalue weighted by molar-refractivity contribution is 0.269. The molecule has 0 fully saturated rings. The molecule has 8 heteroatoms. The van der Waals surface area contributed by atoms with Gasteiger partial charge in [-0.2, -0.15) is 9.78 Å². The van der Waals surface area contributed by atoms with Crippen molar-refractivity contribution in [1.29, 1.82) is 0 Å². The van der Waals surface area contributed by atoms with Crippen LogP contribution in [0.15, 0.2) is 75.0 Å². The molecule has 0 saturated carbocycles. The van der Waals surface area contributed by atoms with Gasteiger partial charge in [-0.15, -0.1) is 0 Å². The summed E-state index contributed by atoms with van der Waals surface area (Å²) >= 11 is 3.42. The van der Waals surface area contributed by atoms with E-state index in [0.717, 1.165) is 22.0 Å². The van der Waals surface area contributed by atoms with Crippen LogP contribution in [0.5, 0.6) is 11.5 Å². The summed E-state index contributed by atoms with van der Waals surface area (Å²) in [5.41, 5.74) is 2.01. The third kappa shape index (κ3) is 5.95. The fourth-order valence-electron chi connectivity index (χ4n) is 3.56. The van der Waals surface area contributed by atoms with Crippen LogP contribution in [-0.2, 0) is 13.0 Å². The maximum Gasteiger partial charge on any atom is 0.282 e. The monoisotopic (exact) mass is 537 g/mol. The van der Waals surface area contributed by atoms with E-state index in [-0.39, 0.29) is 18.0 Å². The molecular formula is C27H25BrFN3O3. The van der Waals surface area contributed by atoms with Crippen LogP contribution in [0.1, 0.15) is 37.2 Å². The highest BCUT2D eigenvalue weighted by molar-refractivity contribution is 9.10. The molecule has 0 aliphatic rings. The molecule has 4 aromatic rings. The van der Waals surface area contributed by atoms with Gasteiger partial charge in [0.2, 0.25) is 0 Å². The number of fused-ring (bicyclic) bond motifs is 1. The number of ether oxygens (including phenoxy) is 2. The molecule has 0 aliphatic carbocycles. The minimum absolute atomic E-state index is 0.222. The van der Waals surface area contributed by atoms with Gasteiger partial charge in [0.05, 0.1) is 23.7 Å². The van der Waals surface area contributed by atoms with E-state index in [1.807, 2.05) is 38.1 Å². The van der Waals surface area contributed by atoms with E-state index >= 15 is 0 Å². The number of aryl methyl sites for hydroxylation is 1. The number of halogens is 2. The minimum Gasteiger partial charge on any atom is -0.490 e. The Morgan fingerprint density at radius 2 is 1.83 bits per heavy atom. The van der Waals surface area contributed by atoms with Gasteiger partial charge in [-0.3, -0.25) is 4.79 Å². The third-order valence-corrected chi connectivity index (χ3v) is 5.74. The summed E-state index contributed by atoms with van der Waals surface area (Å²) in [6.07, 6.45) is 3.07. The van der Waals surface area contributed by atoms with Crippen molar-refractivity contribution in [2.24, 2.45) is 5.10 Å². The van der Waals surface area contributed by atoms with E-state index < -0.39 is 0 Å². The van der Waals surface area contributed by atoms with Gasteiger partial charge in [0.25, 0.3) is 5.56 Å². The van der Waals surface area contributed by atoms with Crippen molar-refractivity contribution in [2.75, 3.05) is 6.61 Å². The van der Waals surface area contributed by atoms with Gasteiger partial charge in [0.1, 0.15) is 18.2 Å². The van der Waals surface area contributed by atoms with Gasteiger partial charge < -0.3 is 9.47 Å². The Labute approximate surface area is 211 Å². The highest BCUT2D eigenvalue weighted by Crippen LogP contribution is 2.29. The Bertz CT molecular complexity index is 1420. The lowest BCUT2D eigenvalue weighted by atomic mass is 10.2. The topological polar surface area (TPSA) is 65.7 Å². The standard InChI is InChI=1S/C27H25BrFN3O3/c1-3-5-26-31-23-12-9-20(28)15-22(23)27(33)32(26)30-16-19-8-13-24(25(14-19)34-4-2)35-17-18-6-10-21(29)11-7-18/h6-16H,3-5,17H2,1-2H3. The molecule has 180 valence electrons. The summed E-state index contributed by atoms with van der Waals surface area (Å²) in [7, 11) is 0. The normalized spacial score (nSPS) is 11.3. The molecule has 35 heavy (non-hydrogen) atoms. The van der Waals surface area contributed by atoms with Crippen LogP contribution in [0.3, 0.4) is 0 Å². The van der Waals surface area contributed by atoms with Gasteiger partial charge in [0.15, 0.2) is 11.5 Å². The second-order valence-corrected chi connectivity index (χ2v) is 8.77. The van der Waals surface area contributed by atoms with Crippen molar-refractivity contribution in [2.45, 2.75) is 33.3 Å². The maximum absolute atomic E-state index is 13.2. The average molecular weight is 538 g/mol. The molecule has 0 spiro atoms. The number of benzene rings is 3. The third-order valence-electron chi connectivity index (χ3n) is 5.25. The van der Waals surface area contributed by atoms with E-state index in [2.05, 4.69) is 26.0 Å². The Morgan fingerprint density at radius 3 is 2.57 bits per heavy atom. The fraction of sp³-hybridized carbons (Fsp3) is 0.222. The zero-order valence-corrected chi connectivity index (χ0v) is 21.1. The molecule has 0 unspecified atom stereocenters. The Hall–Kier alpha value is -3.52. The zero-order valence-electron chi connectivity index (χ0n) is 19.5. The van der Waals surface area contributed by atoms with E-state index in [4.69, 9.17) is 9.47 Å². The number of rotatable bonds is 9. The molecule has 0 amide bonds. The highest BCUT2D eigenvalue weighted by atomic mass is 79.9. The van der Waals surface area contributed by atoms with E-state index in [9.17, 15) is 9.18 Å². The Morgan fingerprint density at radius 1 is 1.03 bits per heavy atom. The van der Waals surface area contributed by atoms with Gasteiger partial charge in [-0.05, 0) is 73.0 Å². The first-order chi connectivity index (χ1) is 17.0. The second kappa shape index (κ2) is 11.3. The first kappa shape index (κ1) is 24.6. The molecule has 1 heterocycles. The summed E-state index contributed by atoms with van der Waals surface area (Å²) in [5, 5.41) is 4.97.